The van der Waals surface area contributed by atoms with Gasteiger partial charge < -0.3 is 13.9 Å². The van der Waals surface area contributed by atoms with E-state index < -0.39 is 11.6 Å². The van der Waals surface area contributed by atoms with E-state index in [1.807, 2.05) is 60.1 Å². The van der Waals surface area contributed by atoms with Gasteiger partial charge in [0, 0.05) is 12.1 Å². The van der Waals surface area contributed by atoms with Gasteiger partial charge in [-0.15, -0.1) is 0 Å². The van der Waals surface area contributed by atoms with Gasteiger partial charge >= 0.3 is 5.97 Å². The maximum atomic E-state index is 12.0. The van der Waals surface area contributed by atoms with Crippen LogP contribution in [0.1, 0.15) is 31.7 Å². The molecule has 2 aromatic heterocycles. The first kappa shape index (κ1) is 21.6. The Balaban J connectivity index is 1.46. The lowest BCUT2D eigenvalue weighted by atomic mass is 10.1. The average Bonchev–Trinajstić information content (AvgIpc) is 3.38. The van der Waals surface area contributed by atoms with E-state index in [9.17, 15) is 4.79 Å². The lowest BCUT2D eigenvalue weighted by Gasteiger charge is -2.23. The number of carbonyl (C=O) groups excluding carboxylic acids is 1. The standard InChI is InChI=1S/C25H27N3O4/c1-17-20(27-23(31-17)18-10-6-5-7-11-18)12-9-15-28-21-13-8-14-22(19(21)16-26-28)32-25(2,3)24(29)30-4/h5-8,10-11,13-14,16H,9,12,15H2,1-4H3. The van der Waals surface area contributed by atoms with Crippen molar-refractivity contribution in [1.29, 1.82) is 0 Å². The van der Waals surface area contributed by atoms with Crippen LogP contribution in [0.5, 0.6) is 5.75 Å². The third kappa shape index (κ3) is 4.37. The number of ether oxygens (including phenoxy) is 2. The van der Waals surface area contributed by atoms with Crippen LogP contribution in [0.4, 0.5) is 0 Å². The van der Waals surface area contributed by atoms with E-state index in [1.165, 1.54) is 7.11 Å². The summed E-state index contributed by atoms with van der Waals surface area (Å²) >= 11 is 0. The molecule has 4 aromatic rings. The maximum Gasteiger partial charge on any atom is 0.349 e. The number of rotatable bonds is 8. The highest BCUT2D eigenvalue weighted by Gasteiger charge is 2.31. The third-order valence-corrected chi connectivity index (χ3v) is 5.39. The molecule has 0 spiro atoms. The molecule has 0 fully saturated rings. The Morgan fingerprint density at radius 2 is 1.91 bits per heavy atom. The fraction of sp³-hybridized carbons (Fsp3) is 0.320. The van der Waals surface area contributed by atoms with Crippen molar-refractivity contribution in [2.45, 2.75) is 45.8 Å². The monoisotopic (exact) mass is 433 g/mol. The lowest BCUT2D eigenvalue weighted by molar-refractivity contribution is -0.155. The molecule has 0 bridgehead atoms. The number of aryl methyl sites for hydroxylation is 3. The molecule has 0 aliphatic heterocycles. The number of fused-ring (bicyclic) bond motifs is 1. The first-order valence-corrected chi connectivity index (χ1v) is 10.6. The zero-order valence-electron chi connectivity index (χ0n) is 18.8. The van der Waals surface area contributed by atoms with Crippen molar-refractivity contribution in [1.82, 2.24) is 14.8 Å². The second-order valence-electron chi connectivity index (χ2n) is 8.15. The van der Waals surface area contributed by atoms with Gasteiger partial charge in [-0.05, 0) is 57.9 Å². The Labute approximate surface area is 187 Å². The highest BCUT2D eigenvalue weighted by molar-refractivity contribution is 5.86. The van der Waals surface area contributed by atoms with Crippen LogP contribution in [0, 0.1) is 6.92 Å². The topological polar surface area (TPSA) is 79.4 Å². The second-order valence-corrected chi connectivity index (χ2v) is 8.15. The summed E-state index contributed by atoms with van der Waals surface area (Å²) in [6.45, 7) is 6.04. The average molecular weight is 434 g/mol. The summed E-state index contributed by atoms with van der Waals surface area (Å²) in [5.74, 6) is 1.66. The molecule has 0 aliphatic rings. The molecule has 7 nitrogen and oxygen atoms in total. The highest BCUT2D eigenvalue weighted by Crippen LogP contribution is 2.29. The zero-order valence-corrected chi connectivity index (χ0v) is 18.8. The molecule has 7 heteroatoms. The highest BCUT2D eigenvalue weighted by atomic mass is 16.6. The van der Waals surface area contributed by atoms with E-state index >= 15 is 0 Å². The van der Waals surface area contributed by atoms with Gasteiger partial charge in [0.2, 0.25) is 5.89 Å². The molecule has 0 saturated carbocycles. The lowest BCUT2D eigenvalue weighted by Crippen LogP contribution is -2.39. The summed E-state index contributed by atoms with van der Waals surface area (Å²) in [5, 5.41) is 5.39. The van der Waals surface area contributed by atoms with E-state index in [0.717, 1.165) is 47.3 Å². The van der Waals surface area contributed by atoms with Crippen LogP contribution in [0.3, 0.4) is 0 Å². The zero-order chi connectivity index (χ0) is 22.7. The van der Waals surface area contributed by atoms with Crippen LogP contribution in [-0.2, 0) is 22.5 Å². The van der Waals surface area contributed by atoms with Gasteiger partial charge in [-0.3, -0.25) is 4.68 Å². The number of aromatic nitrogens is 3. The molecule has 0 radical (unpaired) electrons. The normalized spacial score (nSPS) is 11.6. The van der Waals surface area contributed by atoms with Crippen molar-refractivity contribution in [3.63, 3.8) is 0 Å². The van der Waals surface area contributed by atoms with Crippen LogP contribution >= 0.6 is 0 Å². The van der Waals surface area contributed by atoms with Crippen LogP contribution in [-0.4, -0.2) is 33.4 Å². The van der Waals surface area contributed by atoms with E-state index in [1.54, 1.807) is 20.0 Å². The van der Waals surface area contributed by atoms with Crippen molar-refractivity contribution in [3.05, 3.63) is 66.2 Å². The summed E-state index contributed by atoms with van der Waals surface area (Å²) in [6.07, 6.45) is 3.42. The number of benzene rings is 2. The minimum absolute atomic E-state index is 0.431. The molecule has 4 rings (SSSR count). The van der Waals surface area contributed by atoms with Gasteiger partial charge in [-0.1, -0.05) is 24.3 Å². The van der Waals surface area contributed by atoms with Gasteiger partial charge in [0.15, 0.2) is 5.60 Å². The van der Waals surface area contributed by atoms with E-state index in [2.05, 4.69) is 10.1 Å². The minimum Gasteiger partial charge on any atom is -0.475 e. The van der Waals surface area contributed by atoms with Crippen LogP contribution in [0.15, 0.2) is 59.1 Å². The molecule has 0 N–H and O–H groups in total. The number of methoxy groups -OCH3 is 1. The number of carbonyl (C=O) groups is 1. The largest absolute Gasteiger partial charge is 0.475 e. The predicted molar refractivity (Wildman–Crippen MR) is 121 cm³/mol. The van der Waals surface area contributed by atoms with Crippen molar-refractivity contribution in [2.75, 3.05) is 7.11 Å². The Kier molecular flexibility index (Phi) is 5.99. The molecule has 2 heterocycles. The van der Waals surface area contributed by atoms with E-state index in [-0.39, 0.29) is 0 Å². The summed E-state index contributed by atoms with van der Waals surface area (Å²) in [6, 6.07) is 15.6. The molecular formula is C25H27N3O4. The number of hydrogen-bond acceptors (Lipinski definition) is 6. The predicted octanol–water partition coefficient (Wildman–Crippen LogP) is 4.96. The van der Waals surface area contributed by atoms with E-state index in [4.69, 9.17) is 13.9 Å². The Bertz CT molecular complexity index is 1220. The summed E-state index contributed by atoms with van der Waals surface area (Å²) in [5.41, 5.74) is 1.79. The van der Waals surface area contributed by atoms with Gasteiger partial charge in [-0.25, -0.2) is 9.78 Å². The van der Waals surface area contributed by atoms with Crippen molar-refractivity contribution in [3.8, 4) is 17.2 Å². The SMILES string of the molecule is COC(=O)C(C)(C)Oc1cccc2c1cnn2CCCc1nc(-c2ccccc2)oc1C. The Hall–Kier alpha value is -3.61. The first-order chi connectivity index (χ1) is 15.4. The minimum atomic E-state index is -1.09. The van der Waals surface area contributed by atoms with Crippen LogP contribution < -0.4 is 4.74 Å². The maximum absolute atomic E-state index is 12.0. The Morgan fingerprint density at radius 1 is 1.12 bits per heavy atom. The fourth-order valence-electron chi connectivity index (χ4n) is 3.67. The third-order valence-electron chi connectivity index (χ3n) is 5.39. The second kappa shape index (κ2) is 8.86. The summed E-state index contributed by atoms with van der Waals surface area (Å²) in [4.78, 5) is 16.7. The molecule has 32 heavy (non-hydrogen) atoms. The van der Waals surface area contributed by atoms with Crippen molar-refractivity contribution >= 4 is 16.9 Å². The molecule has 0 aliphatic carbocycles. The quantitative estimate of drug-likeness (QED) is 0.365. The van der Waals surface area contributed by atoms with Gasteiger partial charge in [-0.2, -0.15) is 5.10 Å². The smallest absolute Gasteiger partial charge is 0.349 e. The van der Waals surface area contributed by atoms with E-state index in [0.29, 0.717) is 11.6 Å². The number of nitrogens with zero attached hydrogens (tertiary/aromatic N) is 3. The molecule has 166 valence electrons. The molecule has 0 amide bonds. The summed E-state index contributed by atoms with van der Waals surface area (Å²) in [7, 11) is 1.35. The summed E-state index contributed by atoms with van der Waals surface area (Å²) < 4.78 is 18.6. The van der Waals surface area contributed by atoms with Gasteiger partial charge in [0.05, 0.1) is 29.9 Å². The fourth-order valence-corrected chi connectivity index (χ4v) is 3.67. The van der Waals surface area contributed by atoms with Crippen LogP contribution in [0.2, 0.25) is 0 Å². The first-order valence-electron chi connectivity index (χ1n) is 10.6. The number of esters is 1. The molecule has 0 unspecified atom stereocenters. The molecule has 0 atom stereocenters. The Morgan fingerprint density at radius 3 is 2.66 bits per heavy atom. The molecular weight excluding hydrogens is 406 g/mol. The van der Waals surface area contributed by atoms with Crippen LogP contribution in [0.25, 0.3) is 22.4 Å². The molecule has 0 saturated heterocycles. The number of hydrogen-bond donors (Lipinski definition) is 0. The van der Waals surface area contributed by atoms with Gasteiger partial charge in [0.1, 0.15) is 11.5 Å². The van der Waals surface area contributed by atoms with Crippen molar-refractivity contribution in [2.24, 2.45) is 0 Å². The van der Waals surface area contributed by atoms with Gasteiger partial charge in [0.25, 0.3) is 0 Å². The molecule has 2 aromatic carbocycles. The number of oxazole rings is 1. The van der Waals surface area contributed by atoms with Crippen molar-refractivity contribution < 1.29 is 18.7 Å².